The van der Waals surface area contributed by atoms with Crippen LogP contribution in [0.25, 0.3) is 0 Å². The van der Waals surface area contributed by atoms with Crippen LogP contribution in [0.5, 0.6) is 5.88 Å². The summed E-state index contributed by atoms with van der Waals surface area (Å²) >= 11 is 0. The molecule has 0 atom stereocenters. The highest BCUT2D eigenvalue weighted by molar-refractivity contribution is 5.42. The van der Waals surface area contributed by atoms with Gasteiger partial charge in [0.2, 0.25) is 5.88 Å². The number of ether oxygens (including phenoxy) is 1. The van der Waals surface area contributed by atoms with Crippen molar-refractivity contribution in [3.8, 4) is 5.88 Å². The molecule has 4 nitrogen and oxygen atoms in total. The van der Waals surface area contributed by atoms with Crippen molar-refractivity contribution in [2.75, 3.05) is 11.9 Å². The van der Waals surface area contributed by atoms with E-state index in [4.69, 9.17) is 0 Å². The Labute approximate surface area is 120 Å². The number of hydrogen-bond acceptors (Lipinski definition) is 4. The van der Waals surface area contributed by atoms with Crippen LogP contribution in [-0.2, 0) is 6.54 Å². The number of hydrogen-bond donors (Lipinski definition) is 1. The highest BCUT2D eigenvalue weighted by atomic mass is 19.4. The second kappa shape index (κ2) is 6.43. The number of aromatic nitrogens is 2. The topological polar surface area (TPSA) is 47.0 Å². The second-order valence-corrected chi connectivity index (χ2v) is 4.45. The zero-order valence-electron chi connectivity index (χ0n) is 11.3. The van der Waals surface area contributed by atoms with Gasteiger partial charge in [0.25, 0.3) is 0 Å². The summed E-state index contributed by atoms with van der Waals surface area (Å²) < 4.78 is 40.5. The van der Waals surface area contributed by atoms with E-state index < -0.39 is 12.8 Å². The Balaban J connectivity index is 1.86. The van der Waals surface area contributed by atoms with E-state index in [1.165, 1.54) is 12.3 Å². The fraction of sp³-hybridized carbons (Fsp3) is 0.286. The number of alkyl halides is 3. The molecule has 0 amide bonds. The molecular formula is C14H14F3N3O. The zero-order chi connectivity index (χ0) is 15.3. The van der Waals surface area contributed by atoms with E-state index in [9.17, 15) is 13.2 Å². The molecule has 1 N–H and O–H groups in total. The van der Waals surface area contributed by atoms with Crippen molar-refractivity contribution < 1.29 is 17.9 Å². The van der Waals surface area contributed by atoms with Crippen LogP contribution in [0.3, 0.4) is 0 Å². The van der Waals surface area contributed by atoms with E-state index in [1.807, 2.05) is 19.1 Å². The number of halogens is 3. The molecule has 0 fully saturated rings. The molecule has 0 aliphatic carbocycles. The lowest BCUT2D eigenvalue weighted by molar-refractivity contribution is -0.154. The number of pyridine rings is 2. The third-order valence-corrected chi connectivity index (χ3v) is 2.59. The lowest BCUT2D eigenvalue weighted by Crippen LogP contribution is -2.19. The normalized spacial score (nSPS) is 11.2. The van der Waals surface area contributed by atoms with Gasteiger partial charge >= 0.3 is 6.18 Å². The van der Waals surface area contributed by atoms with Crippen molar-refractivity contribution in [2.24, 2.45) is 0 Å². The summed E-state index contributed by atoms with van der Waals surface area (Å²) in [5.41, 5.74) is 2.62. The molecule has 0 aromatic carbocycles. The Hall–Kier alpha value is -2.31. The lowest BCUT2D eigenvalue weighted by atomic mass is 10.2. The van der Waals surface area contributed by atoms with Crippen molar-refractivity contribution in [1.29, 1.82) is 0 Å². The molecule has 21 heavy (non-hydrogen) atoms. The maximum atomic E-state index is 12.0. The minimum Gasteiger partial charge on any atom is -0.468 e. The highest BCUT2D eigenvalue weighted by Crippen LogP contribution is 2.18. The van der Waals surface area contributed by atoms with Crippen LogP contribution in [0.2, 0.25) is 0 Å². The maximum absolute atomic E-state index is 12.0. The molecule has 2 aromatic rings. The van der Waals surface area contributed by atoms with Crippen molar-refractivity contribution in [3.05, 3.63) is 47.9 Å². The first-order chi connectivity index (χ1) is 9.92. The summed E-state index contributed by atoms with van der Waals surface area (Å²) in [6, 6.07) is 6.86. The number of rotatable bonds is 5. The van der Waals surface area contributed by atoms with Gasteiger partial charge in [0.05, 0.1) is 11.9 Å². The van der Waals surface area contributed by atoms with Crippen LogP contribution >= 0.6 is 0 Å². The molecule has 0 unspecified atom stereocenters. The fourth-order valence-corrected chi connectivity index (χ4v) is 1.53. The molecule has 2 aromatic heterocycles. The van der Waals surface area contributed by atoms with Gasteiger partial charge in [-0.05, 0) is 24.6 Å². The first-order valence-electron chi connectivity index (χ1n) is 6.23. The monoisotopic (exact) mass is 297 g/mol. The number of aryl methyl sites for hydroxylation is 1. The van der Waals surface area contributed by atoms with E-state index >= 15 is 0 Å². The number of nitrogens with zero attached hydrogens (tertiary/aromatic N) is 2. The first-order valence-corrected chi connectivity index (χ1v) is 6.23. The molecule has 0 saturated heterocycles. The van der Waals surface area contributed by atoms with Crippen molar-refractivity contribution >= 4 is 5.69 Å². The smallest absolute Gasteiger partial charge is 0.422 e. The van der Waals surface area contributed by atoms with Crippen LogP contribution in [0.15, 0.2) is 36.7 Å². The average molecular weight is 297 g/mol. The van der Waals surface area contributed by atoms with Gasteiger partial charge in [0.1, 0.15) is 0 Å². The van der Waals surface area contributed by atoms with Gasteiger partial charge < -0.3 is 10.1 Å². The summed E-state index contributed by atoms with van der Waals surface area (Å²) in [5.74, 6) is -0.0603. The maximum Gasteiger partial charge on any atom is 0.422 e. The molecule has 0 aliphatic rings. The Morgan fingerprint density at radius 1 is 1.10 bits per heavy atom. The van der Waals surface area contributed by atoms with Crippen LogP contribution in [0, 0.1) is 6.92 Å². The SMILES string of the molecule is Cc1ccc(CNc2ccc(OCC(F)(F)F)nc2)cn1. The number of anilines is 1. The van der Waals surface area contributed by atoms with E-state index in [2.05, 4.69) is 20.0 Å². The molecule has 0 saturated carbocycles. The van der Waals surface area contributed by atoms with Crippen molar-refractivity contribution in [1.82, 2.24) is 9.97 Å². The fourth-order valence-electron chi connectivity index (χ4n) is 1.53. The average Bonchev–Trinajstić information content (AvgIpc) is 2.45. The molecule has 7 heteroatoms. The Kier molecular flexibility index (Phi) is 4.62. The highest BCUT2D eigenvalue weighted by Gasteiger charge is 2.28. The molecule has 0 spiro atoms. The van der Waals surface area contributed by atoms with Gasteiger partial charge in [-0.1, -0.05) is 6.07 Å². The summed E-state index contributed by atoms with van der Waals surface area (Å²) in [4.78, 5) is 7.98. The summed E-state index contributed by atoms with van der Waals surface area (Å²) in [6.07, 6.45) is -1.18. The lowest BCUT2D eigenvalue weighted by Gasteiger charge is -2.09. The van der Waals surface area contributed by atoms with Crippen LogP contribution in [-0.4, -0.2) is 22.8 Å². The molecule has 0 aliphatic heterocycles. The molecular weight excluding hydrogens is 283 g/mol. The van der Waals surface area contributed by atoms with Crippen LogP contribution in [0.4, 0.5) is 18.9 Å². The Morgan fingerprint density at radius 3 is 2.48 bits per heavy atom. The molecule has 2 heterocycles. The van der Waals surface area contributed by atoms with Crippen LogP contribution in [0.1, 0.15) is 11.3 Å². The van der Waals surface area contributed by atoms with Gasteiger partial charge in [-0.3, -0.25) is 4.98 Å². The summed E-state index contributed by atoms with van der Waals surface area (Å²) in [7, 11) is 0. The quantitative estimate of drug-likeness (QED) is 0.919. The van der Waals surface area contributed by atoms with Gasteiger partial charge in [0, 0.05) is 24.5 Å². The van der Waals surface area contributed by atoms with E-state index in [0.717, 1.165) is 11.3 Å². The van der Waals surface area contributed by atoms with E-state index in [-0.39, 0.29) is 5.88 Å². The largest absolute Gasteiger partial charge is 0.468 e. The van der Waals surface area contributed by atoms with Gasteiger partial charge in [-0.25, -0.2) is 4.98 Å². The van der Waals surface area contributed by atoms with Gasteiger partial charge in [-0.15, -0.1) is 0 Å². The standard InChI is InChI=1S/C14H14F3N3O/c1-10-2-3-11(6-18-10)7-19-12-4-5-13(20-8-12)21-9-14(15,16)17/h2-6,8,19H,7,9H2,1H3. The second-order valence-electron chi connectivity index (χ2n) is 4.45. The predicted molar refractivity (Wildman–Crippen MR) is 72.1 cm³/mol. The third kappa shape index (κ3) is 5.29. The zero-order valence-corrected chi connectivity index (χ0v) is 11.3. The number of nitrogens with one attached hydrogen (secondary N) is 1. The van der Waals surface area contributed by atoms with E-state index in [0.29, 0.717) is 12.2 Å². The van der Waals surface area contributed by atoms with Crippen molar-refractivity contribution in [3.63, 3.8) is 0 Å². The first kappa shape index (κ1) is 15.1. The molecule has 2 rings (SSSR count). The van der Waals surface area contributed by atoms with E-state index in [1.54, 1.807) is 12.3 Å². The van der Waals surface area contributed by atoms with Crippen molar-refractivity contribution in [2.45, 2.75) is 19.6 Å². The minimum atomic E-state index is -4.36. The predicted octanol–water partition coefficient (Wildman–Crippen LogP) is 3.34. The summed E-state index contributed by atoms with van der Waals surface area (Å²) in [6.45, 7) is 1.11. The molecule has 112 valence electrons. The molecule has 0 radical (unpaired) electrons. The summed E-state index contributed by atoms with van der Waals surface area (Å²) in [5, 5.41) is 3.10. The van der Waals surface area contributed by atoms with Crippen LogP contribution < -0.4 is 10.1 Å². The van der Waals surface area contributed by atoms with Gasteiger partial charge in [0.15, 0.2) is 6.61 Å². The Morgan fingerprint density at radius 2 is 1.90 bits per heavy atom. The molecule has 0 bridgehead atoms. The minimum absolute atomic E-state index is 0.0603. The third-order valence-electron chi connectivity index (χ3n) is 2.59. The van der Waals surface area contributed by atoms with Gasteiger partial charge in [-0.2, -0.15) is 13.2 Å². The Bertz CT molecular complexity index is 568.